The van der Waals surface area contributed by atoms with Crippen LogP contribution in [0.2, 0.25) is 0 Å². The number of H-pyrrole nitrogens is 1. The molecule has 3 heterocycles. The molecule has 2 N–H and O–H groups in total. The minimum absolute atomic E-state index is 0.0155. The van der Waals surface area contributed by atoms with Gasteiger partial charge in [0.2, 0.25) is 0 Å². The number of nitrogens with zero attached hydrogens (tertiary/aromatic N) is 2. The van der Waals surface area contributed by atoms with Crippen molar-refractivity contribution in [1.82, 2.24) is 14.8 Å². The van der Waals surface area contributed by atoms with Crippen LogP contribution in [0.25, 0.3) is 33.1 Å². The monoisotopic (exact) mass is 433 g/mol. The van der Waals surface area contributed by atoms with Crippen LogP contribution < -0.4 is 0 Å². The number of nitrogens with one attached hydrogen (secondary N) is 1. The maximum atomic E-state index is 13.7. The molecule has 0 atom stereocenters. The maximum absolute atomic E-state index is 13.7. The van der Waals surface area contributed by atoms with E-state index in [1.54, 1.807) is 18.3 Å². The van der Waals surface area contributed by atoms with Gasteiger partial charge in [0.25, 0.3) is 0 Å². The van der Waals surface area contributed by atoms with E-state index in [1.807, 2.05) is 0 Å². The highest BCUT2D eigenvalue weighted by atomic mass is 19.1. The summed E-state index contributed by atoms with van der Waals surface area (Å²) in [5.41, 5.74) is 5.59. The average Bonchev–Trinajstić information content (AvgIpc) is 3.39. The Hall–Kier alpha value is -3.45. The number of ether oxygens (including phenoxy) is 1. The van der Waals surface area contributed by atoms with Crippen LogP contribution in [-0.2, 0) is 9.53 Å². The molecule has 5 rings (SSSR count). The third kappa shape index (κ3) is 3.58. The van der Waals surface area contributed by atoms with Crippen molar-refractivity contribution in [2.24, 2.45) is 0 Å². The Morgan fingerprint density at radius 2 is 1.97 bits per heavy atom. The zero-order valence-electron chi connectivity index (χ0n) is 17.6. The van der Waals surface area contributed by atoms with Gasteiger partial charge in [-0.3, -0.25) is 9.89 Å². The highest BCUT2D eigenvalue weighted by Gasteiger charge is 2.28. The molecule has 1 aliphatic heterocycles. The number of halogens is 1. The molecular formula is C25H24FN3O3. The van der Waals surface area contributed by atoms with Gasteiger partial charge in [0, 0.05) is 53.3 Å². The number of aromatic nitrogens is 3. The van der Waals surface area contributed by atoms with E-state index in [4.69, 9.17) is 4.74 Å². The van der Waals surface area contributed by atoms with E-state index in [0.29, 0.717) is 19.6 Å². The van der Waals surface area contributed by atoms with Gasteiger partial charge in [-0.2, -0.15) is 5.10 Å². The van der Waals surface area contributed by atoms with Crippen LogP contribution in [0.15, 0.2) is 49.2 Å². The lowest BCUT2D eigenvalue weighted by Gasteiger charge is -2.26. The summed E-state index contributed by atoms with van der Waals surface area (Å²) in [6, 6.07) is 10.6. The number of carboxylic acids is 1. The van der Waals surface area contributed by atoms with Crippen LogP contribution in [0.3, 0.4) is 0 Å². The first-order valence-electron chi connectivity index (χ1n) is 10.8. The van der Waals surface area contributed by atoms with Gasteiger partial charge in [-0.05, 0) is 61.2 Å². The normalized spacial score (nSPS) is 14.9. The molecule has 32 heavy (non-hydrogen) atoms. The van der Waals surface area contributed by atoms with E-state index in [1.165, 1.54) is 12.1 Å². The van der Waals surface area contributed by atoms with Crippen LogP contribution in [-0.4, -0.2) is 39.1 Å². The molecule has 2 aromatic heterocycles. The van der Waals surface area contributed by atoms with Crippen LogP contribution in [0, 0.1) is 5.82 Å². The minimum Gasteiger partial charge on any atom is -0.481 e. The molecular weight excluding hydrogens is 409 g/mol. The molecule has 1 aliphatic rings. The van der Waals surface area contributed by atoms with Gasteiger partial charge in [0.15, 0.2) is 0 Å². The Morgan fingerprint density at radius 3 is 2.69 bits per heavy atom. The van der Waals surface area contributed by atoms with Gasteiger partial charge in [-0.15, -0.1) is 0 Å². The molecule has 0 aliphatic carbocycles. The van der Waals surface area contributed by atoms with Crippen molar-refractivity contribution in [2.45, 2.75) is 31.6 Å². The fraction of sp³-hybridized carbons (Fsp3) is 0.280. The van der Waals surface area contributed by atoms with Gasteiger partial charge in [0.05, 0.1) is 17.2 Å². The molecule has 1 fully saturated rings. The number of aromatic amines is 1. The Kier molecular flexibility index (Phi) is 5.27. The van der Waals surface area contributed by atoms with Crippen molar-refractivity contribution in [3.8, 4) is 5.69 Å². The van der Waals surface area contributed by atoms with Gasteiger partial charge in [0.1, 0.15) is 5.82 Å². The SMILES string of the molecule is C=C(CCC(=O)O)c1c(C2CCOCC2)n(-c2ccc(F)cc2)c2cc3cn[nH]c3cc12. The average molecular weight is 433 g/mol. The second-order valence-electron chi connectivity index (χ2n) is 8.28. The molecule has 0 unspecified atom stereocenters. The molecule has 0 amide bonds. The topological polar surface area (TPSA) is 80.1 Å². The number of hydrogen-bond acceptors (Lipinski definition) is 3. The van der Waals surface area contributed by atoms with Gasteiger partial charge in [-0.1, -0.05) is 6.58 Å². The molecule has 0 radical (unpaired) electrons. The summed E-state index contributed by atoms with van der Waals surface area (Å²) in [6.07, 6.45) is 3.87. The largest absolute Gasteiger partial charge is 0.481 e. The molecule has 6 nitrogen and oxygen atoms in total. The molecule has 7 heteroatoms. The number of allylic oxidation sites excluding steroid dienone is 1. The van der Waals surface area contributed by atoms with Crippen molar-refractivity contribution in [3.63, 3.8) is 0 Å². The second kappa shape index (κ2) is 8.24. The first kappa shape index (κ1) is 20.5. The van der Waals surface area contributed by atoms with E-state index in [2.05, 4.69) is 33.5 Å². The van der Waals surface area contributed by atoms with Crippen molar-refractivity contribution in [1.29, 1.82) is 0 Å². The Labute approximate surface area is 184 Å². The predicted molar refractivity (Wildman–Crippen MR) is 122 cm³/mol. The van der Waals surface area contributed by atoms with Crippen LogP contribution in [0.5, 0.6) is 0 Å². The number of benzene rings is 2. The fourth-order valence-corrected chi connectivity index (χ4v) is 4.72. The first-order chi connectivity index (χ1) is 15.5. The summed E-state index contributed by atoms with van der Waals surface area (Å²) in [5.74, 6) is -0.924. The van der Waals surface area contributed by atoms with Crippen LogP contribution >= 0.6 is 0 Å². The second-order valence-corrected chi connectivity index (χ2v) is 8.28. The molecule has 0 bridgehead atoms. The molecule has 1 saturated heterocycles. The van der Waals surface area contributed by atoms with E-state index in [-0.39, 0.29) is 18.2 Å². The fourth-order valence-electron chi connectivity index (χ4n) is 4.72. The van der Waals surface area contributed by atoms with Crippen LogP contribution in [0.1, 0.15) is 42.9 Å². The van der Waals surface area contributed by atoms with E-state index in [0.717, 1.165) is 57.2 Å². The zero-order valence-corrected chi connectivity index (χ0v) is 17.6. The lowest BCUT2D eigenvalue weighted by molar-refractivity contribution is -0.136. The van der Waals surface area contributed by atoms with E-state index >= 15 is 0 Å². The number of rotatable bonds is 6. The Morgan fingerprint density at radius 1 is 1.22 bits per heavy atom. The summed E-state index contributed by atoms with van der Waals surface area (Å²) < 4.78 is 21.5. The molecule has 164 valence electrons. The predicted octanol–water partition coefficient (Wildman–Crippen LogP) is 5.42. The summed E-state index contributed by atoms with van der Waals surface area (Å²) >= 11 is 0. The van der Waals surface area contributed by atoms with Crippen molar-refractivity contribution in [3.05, 3.63) is 66.2 Å². The summed E-state index contributed by atoms with van der Waals surface area (Å²) in [6.45, 7) is 5.63. The number of carboxylic acid groups (broad SMARTS) is 1. The third-order valence-corrected chi connectivity index (χ3v) is 6.25. The number of carbonyl (C=O) groups is 1. The maximum Gasteiger partial charge on any atom is 0.303 e. The summed E-state index contributed by atoms with van der Waals surface area (Å²) in [7, 11) is 0. The third-order valence-electron chi connectivity index (χ3n) is 6.25. The van der Waals surface area contributed by atoms with Gasteiger partial charge >= 0.3 is 5.97 Å². The van der Waals surface area contributed by atoms with Crippen molar-refractivity contribution in [2.75, 3.05) is 13.2 Å². The molecule has 2 aromatic carbocycles. The molecule has 0 saturated carbocycles. The van der Waals surface area contributed by atoms with Gasteiger partial charge < -0.3 is 14.4 Å². The lowest BCUT2D eigenvalue weighted by atomic mass is 9.89. The molecule has 0 spiro atoms. The highest BCUT2D eigenvalue weighted by molar-refractivity contribution is 6.03. The summed E-state index contributed by atoms with van der Waals surface area (Å²) in [5, 5.41) is 18.4. The quantitative estimate of drug-likeness (QED) is 0.426. The Bertz CT molecular complexity index is 1310. The smallest absolute Gasteiger partial charge is 0.303 e. The number of aliphatic carboxylic acids is 1. The first-order valence-corrected chi connectivity index (χ1v) is 10.8. The Balaban J connectivity index is 1.82. The van der Waals surface area contributed by atoms with E-state index < -0.39 is 5.97 Å². The highest BCUT2D eigenvalue weighted by Crippen LogP contribution is 2.43. The van der Waals surface area contributed by atoms with Crippen LogP contribution in [0.4, 0.5) is 4.39 Å². The lowest BCUT2D eigenvalue weighted by Crippen LogP contribution is -2.18. The van der Waals surface area contributed by atoms with Crippen molar-refractivity contribution < 1.29 is 19.0 Å². The number of fused-ring (bicyclic) bond motifs is 2. The van der Waals surface area contributed by atoms with Crippen molar-refractivity contribution >= 4 is 33.3 Å². The zero-order chi connectivity index (χ0) is 22.2. The minimum atomic E-state index is -0.850. The van der Waals surface area contributed by atoms with E-state index in [9.17, 15) is 14.3 Å². The molecule has 4 aromatic rings. The standard InChI is InChI=1S/C25H24FN3O3/c1-15(2-7-23(30)31)24-20-13-21-17(14-27-28-21)12-22(20)29(19-5-3-18(26)4-6-19)25(24)16-8-10-32-11-9-16/h3-6,12-14,16H,1-2,7-11H2,(H,27,28)(H,30,31). The summed E-state index contributed by atoms with van der Waals surface area (Å²) in [4.78, 5) is 11.3. The van der Waals surface area contributed by atoms with Gasteiger partial charge in [-0.25, -0.2) is 4.39 Å². The number of hydrogen-bond donors (Lipinski definition) is 2.